The lowest BCUT2D eigenvalue weighted by Crippen LogP contribution is -2.23. The van der Waals surface area contributed by atoms with E-state index < -0.39 is 10.8 Å². The maximum absolute atomic E-state index is 12.5. The van der Waals surface area contributed by atoms with Gasteiger partial charge in [0, 0.05) is 19.0 Å². The molecule has 1 heterocycles. The minimum absolute atomic E-state index is 0.00897. The number of carbonyl (C=O) groups excluding carboxylic acids is 1. The predicted octanol–water partition coefficient (Wildman–Crippen LogP) is 2.64. The third kappa shape index (κ3) is 3.59. The molecule has 0 saturated heterocycles. The summed E-state index contributed by atoms with van der Waals surface area (Å²) in [6.45, 7) is 2.01. The molecule has 26 heavy (non-hydrogen) atoms. The Morgan fingerprint density at radius 2 is 2.04 bits per heavy atom. The van der Waals surface area contributed by atoms with Crippen molar-refractivity contribution in [2.75, 3.05) is 5.32 Å². The van der Waals surface area contributed by atoms with Gasteiger partial charge in [0.1, 0.15) is 5.69 Å². The Balaban J connectivity index is 1.74. The summed E-state index contributed by atoms with van der Waals surface area (Å²) in [6.07, 6.45) is 1.39. The molecule has 0 atom stereocenters. The maximum Gasteiger partial charge on any atom is 0.292 e. The van der Waals surface area contributed by atoms with Gasteiger partial charge in [-0.05, 0) is 25.1 Å². The molecular weight excluding hydrogens is 336 g/mol. The summed E-state index contributed by atoms with van der Waals surface area (Å²) in [5.74, 6) is -0.421. The van der Waals surface area contributed by atoms with Crippen LogP contribution in [-0.4, -0.2) is 20.4 Å². The van der Waals surface area contributed by atoms with E-state index in [1.54, 1.807) is 18.2 Å². The summed E-state index contributed by atoms with van der Waals surface area (Å²) in [5.41, 5.74) is 1.27. The number of fused-ring (bicyclic) bond motifs is 1. The van der Waals surface area contributed by atoms with Crippen molar-refractivity contribution in [3.05, 3.63) is 74.8 Å². The summed E-state index contributed by atoms with van der Waals surface area (Å²) in [6, 6.07) is 11.3. The maximum atomic E-state index is 12.5. The molecule has 0 unspecified atom stereocenters. The van der Waals surface area contributed by atoms with E-state index in [4.69, 9.17) is 0 Å². The molecular formula is C18H16N4O4. The number of para-hydroxylation sites is 2. The van der Waals surface area contributed by atoms with Crippen molar-refractivity contribution in [2.24, 2.45) is 0 Å². The van der Waals surface area contributed by atoms with E-state index >= 15 is 0 Å². The Bertz CT molecular complexity index is 1060. The molecule has 0 aliphatic carbocycles. The summed E-state index contributed by atoms with van der Waals surface area (Å²) in [7, 11) is 0. The number of rotatable bonds is 5. The fourth-order valence-electron chi connectivity index (χ4n) is 2.61. The standard InChI is InChI=1S/C18H16N4O4/c1-12-6-7-14-13(10-12)18(24)21(11-19-14)9-8-17(23)20-15-4-2-3-5-16(15)22(25)26/h2-7,10-11H,8-9H2,1H3,(H,20,23). The second-order valence-electron chi connectivity index (χ2n) is 5.84. The van der Waals surface area contributed by atoms with Gasteiger partial charge in [-0.2, -0.15) is 0 Å². The summed E-state index contributed by atoms with van der Waals surface area (Å²) < 4.78 is 1.36. The van der Waals surface area contributed by atoms with E-state index in [0.717, 1.165) is 5.56 Å². The van der Waals surface area contributed by atoms with Gasteiger partial charge in [-0.25, -0.2) is 4.98 Å². The molecule has 0 fully saturated rings. The van der Waals surface area contributed by atoms with Gasteiger partial charge in [0.05, 0.1) is 22.2 Å². The van der Waals surface area contributed by atoms with Crippen LogP contribution < -0.4 is 10.9 Å². The molecule has 8 nitrogen and oxygen atoms in total. The number of hydrogen-bond donors (Lipinski definition) is 1. The van der Waals surface area contributed by atoms with Crippen molar-refractivity contribution in [3.8, 4) is 0 Å². The first-order chi connectivity index (χ1) is 12.5. The molecule has 0 spiro atoms. The van der Waals surface area contributed by atoms with Crippen molar-refractivity contribution in [2.45, 2.75) is 19.9 Å². The highest BCUT2D eigenvalue weighted by molar-refractivity contribution is 5.93. The fraction of sp³-hybridized carbons (Fsp3) is 0.167. The molecule has 1 aromatic heterocycles. The van der Waals surface area contributed by atoms with Gasteiger partial charge < -0.3 is 5.32 Å². The Morgan fingerprint density at radius 1 is 1.27 bits per heavy atom. The Morgan fingerprint density at radius 3 is 2.81 bits per heavy atom. The van der Waals surface area contributed by atoms with Crippen LogP contribution in [0.3, 0.4) is 0 Å². The van der Waals surface area contributed by atoms with E-state index in [2.05, 4.69) is 10.3 Å². The predicted molar refractivity (Wildman–Crippen MR) is 97.1 cm³/mol. The second kappa shape index (κ2) is 7.14. The zero-order valence-electron chi connectivity index (χ0n) is 14.0. The number of anilines is 1. The molecule has 0 aliphatic rings. The molecule has 0 saturated carbocycles. The van der Waals surface area contributed by atoms with E-state index in [1.807, 2.05) is 13.0 Å². The molecule has 3 aromatic rings. The Hall–Kier alpha value is -3.55. The summed E-state index contributed by atoms with van der Waals surface area (Å²) in [4.78, 5) is 39.3. The zero-order valence-corrected chi connectivity index (χ0v) is 14.0. The van der Waals surface area contributed by atoms with Crippen molar-refractivity contribution < 1.29 is 9.72 Å². The Labute approximate surface area is 148 Å². The lowest BCUT2D eigenvalue weighted by Gasteiger charge is -2.08. The van der Waals surface area contributed by atoms with Crippen molar-refractivity contribution in [1.82, 2.24) is 9.55 Å². The number of aromatic nitrogens is 2. The van der Waals surface area contributed by atoms with Crippen LogP contribution in [-0.2, 0) is 11.3 Å². The molecule has 3 rings (SSSR count). The first kappa shape index (κ1) is 17.3. The van der Waals surface area contributed by atoms with Crippen LogP contribution in [0, 0.1) is 17.0 Å². The SMILES string of the molecule is Cc1ccc2ncn(CCC(=O)Nc3ccccc3[N+](=O)[O-])c(=O)c2c1. The molecule has 1 N–H and O–H groups in total. The monoisotopic (exact) mass is 352 g/mol. The normalized spacial score (nSPS) is 10.7. The third-order valence-corrected chi connectivity index (χ3v) is 3.93. The van der Waals surface area contributed by atoms with Crippen LogP contribution in [0.2, 0.25) is 0 Å². The quantitative estimate of drug-likeness (QED) is 0.561. The zero-order chi connectivity index (χ0) is 18.7. The van der Waals surface area contributed by atoms with E-state index in [-0.39, 0.29) is 29.9 Å². The van der Waals surface area contributed by atoms with E-state index in [1.165, 1.54) is 29.1 Å². The van der Waals surface area contributed by atoms with Crippen LogP contribution in [0.5, 0.6) is 0 Å². The van der Waals surface area contributed by atoms with E-state index in [9.17, 15) is 19.7 Å². The number of nitrogens with zero attached hydrogens (tertiary/aromatic N) is 3. The smallest absolute Gasteiger partial charge is 0.292 e. The largest absolute Gasteiger partial charge is 0.320 e. The number of benzene rings is 2. The number of nitro benzene ring substituents is 1. The highest BCUT2D eigenvalue weighted by Crippen LogP contribution is 2.23. The van der Waals surface area contributed by atoms with Gasteiger partial charge in [-0.1, -0.05) is 23.8 Å². The van der Waals surface area contributed by atoms with Crippen LogP contribution >= 0.6 is 0 Å². The summed E-state index contributed by atoms with van der Waals surface area (Å²) >= 11 is 0. The van der Waals surface area contributed by atoms with Crippen molar-refractivity contribution in [1.29, 1.82) is 0 Å². The average molecular weight is 352 g/mol. The molecule has 2 aromatic carbocycles. The van der Waals surface area contributed by atoms with Crippen molar-refractivity contribution in [3.63, 3.8) is 0 Å². The highest BCUT2D eigenvalue weighted by atomic mass is 16.6. The molecule has 0 bridgehead atoms. The van der Waals surface area contributed by atoms with Gasteiger partial charge >= 0.3 is 0 Å². The molecule has 0 radical (unpaired) electrons. The van der Waals surface area contributed by atoms with Gasteiger partial charge in [-0.15, -0.1) is 0 Å². The minimum atomic E-state index is -0.560. The molecule has 1 amide bonds. The van der Waals surface area contributed by atoms with Crippen LogP contribution in [0.15, 0.2) is 53.6 Å². The van der Waals surface area contributed by atoms with Gasteiger partial charge in [0.25, 0.3) is 11.2 Å². The van der Waals surface area contributed by atoms with Gasteiger partial charge in [-0.3, -0.25) is 24.3 Å². The first-order valence-corrected chi connectivity index (χ1v) is 7.95. The molecule has 132 valence electrons. The molecule has 0 aliphatic heterocycles. The number of nitrogens with one attached hydrogen (secondary N) is 1. The van der Waals surface area contributed by atoms with Crippen molar-refractivity contribution >= 4 is 28.2 Å². The summed E-state index contributed by atoms with van der Waals surface area (Å²) in [5, 5.41) is 14.0. The highest BCUT2D eigenvalue weighted by Gasteiger charge is 2.15. The number of amides is 1. The van der Waals surface area contributed by atoms with Crippen LogP contribution in [0.25, 0.3) is 10.9 Å². The minimum Gasteiger partial charge on any atom is -0.320 e. The van der Waals surface area contributed by atoms with E-state index in [0.29, 0.717) is 10.9 Å². The average Bonchev–Trinajstić information content (AvgIpc) is 2.62. The van der Waals surface area contributed by atoms with Gasteiger partial charge in [0.15, 0.2) is 0 Å². The second-order valence-corrected chi connectivity index (χ2v) is 5.84. The first-order valence-electron chi connectivity index (χ1n) is 7.95. The number of hydrogen-bond acceptors (Lipinski definition) is 5. The topological polar surface area (TPSA) is 107 Å². The lowest BCUT2D eigenvalue weighted by molar-refractivity contribution is -0.383. The van der Waals surface area contributed by atoms with Crippen LogP contribution in [0.4, 0.5) is 11.4 Å². The third-order valence-electron chi connectivity index (χ3n) is 3.93. The molecule has 8 heteroatoms. The van der Waals surface area contributed by atoms with Crippen LogP contribution in [0.1, 0.15) is 12.0 Å². The lowest BCUT2D eigenvalue weighted by atomic mass is 10.2. The number of aryl methyl sites for hydroxylation is 2. The van der Waals surface area contributed by atoms with Gasteiger partial charge in [0.2, 0.25) is 5.91 Å². The fourth-order valence-corrected chi connectivity index (χ4v) is 2.61. The Kier molecular flexibility index (Phi) is 4.74. The number of carbonyl (C=O) groups is 1. The number of nitro groups is 1.